The predicted octanol–water partition coefficient (Wildman–Crippen LogP) is 1.29. The van der Waals surface area contributed by atoms with E-state index in [1.54, 1.807) is 4.90 Å². The molecule has 2 rings (SSSR count). The van der Waals surface area contributed by atoms with Crippen molar-refractivity contribution in [2.45, 2.75) is 38.7 Å². The summed E-state index contributed by atoms with van der Waals surface area (Å²) in [5.74, 6) is 0.922. The third kappa shape index (κ3) is 5.52. The van der Waals surface area contributed by atoms with Crippen LogP contribution in [0, 0.1) is 5.92 Å². The Morgan fingerprint density at radius 3 is 2.36 bits per heavy atom. The molecule has 0 aromatic heterocycles. The summed E-state index contributed by atoms with van der Waals surface area (Å²) in [6, 6.07) is 0. The van der Waals surface area contributed by atoms with Crippen LogP contribution in [0.2, 0.25) is 0 Å². The Morgan fingerprint density at radius 1 is 1.09 bits per heavy atom. The van der Waals surface area contributed by atoms with Crippen LogP contribution in [-0.4, -0.2) is 86.7 Å². The molecule has 128 valence electrons. The Bertz CT molecular complexity index is 341. The predicted molar refractivity (Wildman–Crippen MR) is 88.9 cm³/mol. The van der Waals surface area contributed by atoms with Gasteiger partial charge in [0.2, 0.25) is 5.91 Å². The highest BCUT2D eigenvalue weighted by atomic mass is 16.5. The zero-order valence-corrected chi connectivity index (χ0v) is 14.6. The Labute approximate surface area is 135 Å². The van der Waals surface area contributed by atoms with Gasteiger partial charge in [-0.25, -0.2) is 0 Å². The first-order valence-electron chi connectivity index (χ1n) is 8.82. The third-order valence-corrected chi connectivity index (χ3v) is 5.09. The van der Waals surface area contributed by atoms with Crippen molar-refractivity contribution in [3.05, 3.63) is 0 Å². The van der Waals surface area contributed by atoms with Gasteiger partial charge in [0.25, 0.3) is 0 Å². The minimum atomic E-state index is 0.197. The number of ether oxygens (including phenoxy) is 1. The molecule has 0 spiro atoms. The number of piperazine rings is 1. The highest BCUT2D eigenvalue weighted by molar-refractivity contribution is 5.77. The molecule has 1 amide bonds. The first-order valence-corrected chi connectivity index (χ1v) is 8.82. The minimum absolute atomic E-state index is 0.197. The first-order chi connectivity index (χ1) is 10.6. The van der Waals surface area contributed by atoms with E-state index in [4.69, 9.17) is 4.74 Å². The molecule has 1 aliphatic heterocycles. The van der Waals surface area contributed by atoms with Gasteiger partial charge in [-0.3, -0.25) is 14.6 Å². The SMILES string of the molecule is C[C@@H]1CCCC[C@@H]1OCCN1CCN(CC(=O)N(C)C)CC1. The van der Waals surface area contributed by atoms with Crippen LogP contribution in [0.1, 0.15) is 32.6 Å². The maximum absolute atomic E-state index is 11.7. The Kier molecular flexibility index (Phi) is 7.12. The van der Waals surface area contributed by atoms with E-state index >= 15 is 0 Å². The second kappa shape index (κ2) is 8.85. The molecule has 0 aromatic rings. The molecule has 22 heavy (non-hydrogen) atoms. The van der Waals surface area contributed by atoms with Gasteiger partial charge in [0, 0.05) is 46.8 Å². The van der Waals surface area contributed by atoms with Crippen molar-refractivity contribution < 1.29 is 9.53 Å². The Hall–Kier alpha value is -0.650. The van der Waals surface area contributed by atoms with Crippen LogP contribution in [0.4, 0.5) is 0 Å². The van der Waals surface area contributed by atoms with Gasteiger partial charge in [0.05, 0.1) is 19.3 Å². The number of carbonyl (C=O) groups excluding carboxylic acids is 1. The van der Waals surface area contributed by atoms with Crippen molar-refractivity contribution in [3.63, 3.8) is 0 Å². The molecule has 0 aromatic carbocycles. The molecule has 0 bridgehead atoms. The van der Waals surface area contributed by atoms with Gasteiger partial charge < -0.3 is 9.64 Å². The van der Waals surface area contributed by atoms with Gasteiger partial charge in [-0.15, -0.1) is 0 Å². The summed E-state index contributed by atoms with van der Waals surface area (Å²) >= 11 is 0. The number of amides is 1. The average Bonchev–Trinajstić information content (AvgIpc) is 2.51. The molecule has 2 atom stereocenters. The Balaban J connectivity index is 1.58. The van der Waals surface area contributed by atoms with Crippen molar-refractivity contribution in [2.24, 2.45) is 5.92 Å². The monoisotopic (exact) mass is 311 g/mol. The third-order valence-electron chi connectivity index (χ3n) is 5.09. The number of hydrogen-bond donors (Lipinski definition) is 0. The zero-order chi connectivity index (χ0) is 15.9. The van der Waals surface area contributed by atoms with Gasteiger partial charge in [-0.05, 0) is 18.8 Å². The molecule has 0 N–H and O–H groups in total. The Morgan fingerprint density at radius 2 is 1.73 bits per heavy atom. The molecular formula is C17H33N3O2. The van der Waals surface area contributed by atoms with E-state index in [2.05, 4.69) is 16.7 Å². The lowest BCUT2D eigenvalue weighted by Crippen LogP contribution is -2.50. The number of likely N-dealkylation sites (N-methyl/N-ethyl adjacent to an activating group) is 1. The van der Waals surface area contributed by atoms with Crippen LogP contribution >= 0.6 is 0 Å². The summed E-state index contributed by atoms with van der Waals surface area (Å²) in [5.41, 5.74) is 0. The van der Waals surface area contributed by atoms with Crippen LogP contribution in [-0.2, 0) is 9.53 Å². The van der Waals surface area contributed by atoms with E-state index in [0.717, 1.165) is 45.2 Å². The van der Waals surface area contributed by atoms with Crippen molar-refractivity contribution in [1.82, 2.24) is 14.7 Å². The van der Waals surface area contributed by atoms with E-state index in [1.807, 2.05) is 14.1 Å². The molecule has 1 aliphatic carbocycles. The quantitative estimate of drug-likeness (QED) is 0.740. The van der Waals surface area contributed by atoms with Crippen LogP contribution in [0.3, 0.4) is 0 Å². The van der Waals surface area contributed by atoms with E-state index in [-0.39, 0.29) is 5.91 Å². The first kappa shape index (κ1) is 17.7. The van der Waals surface area contributed by atoms with E-state index in [0.29, 0.717) is 12.6 Å². The highest BCUT2D eigenvalue weighted by Crippen LogP contribution is 2.26. The standard InChI is InChI=1S/C17H33N3O2/c1-15-6-4-5-7-16(15)22-13-12-19-8-10-20(11-9-19)14-17(21)18(2)3/h15-16H,4-14H2,1-3H3/t15-,16+/m1/s1. The van der Waals surface area contributed by atoms with E-state index in [1.165, 1.54) is 25.7 Å². The molecule has 5 nitrogen and oxygen atoms in total. The molecular weight excluding hydrogens is 278 g/mol. The van der Waals surface area contributed by atoms with Gasteiger partial charge in [-0.2, -0.15) is 0 Å². The molecule has 2 aliphatic rings. The van der Waals surface area contributed by atoms with Crippen molar-refractivity contribution in [1.29, 1.82) is 0 Å². The lowest BCUT2D eigenvalue weighted by atomic mass is 9.88. The van der Waals surface area contributed by atoms with Crippen LogP contribution in [0.25, 0.3) is 0 Å². The lowest BCUT2D eigenvalue weighted by molar-refractivity contribution is -0.130. The fourth-order valence-electron chi connectivity index (χ4n) is 3.37. The van der Waals surface area contributed by atoms with Gasteiger partial charge in [0.1, 0.15) is 0 Å². The fourth-order valence-corrected chi connectivity index (χ4v) is 3.37. The second-order valence-corrected chi connectivity index (χ2v) is 7.08. The minimum Gasteiger partial charge on any atom is -0.377 e. The molecule has 1 saturated carbocycles. The molecule has 0 unspecified atom stereocenters. The van der Waals surface area contributed by atoms with Crippen molar-refractivity contribution in [3.8, 4) is 0 Å². The van der Waals surface area contributed by atoms with Gasteiger partial charge in [0.15, 0.2) is 0 Å². The second-order valence-electron chi connectivity index (χ2n) is 7.08. The van der Waals surface area contributed by atoms with Gasteiger partial charge in [-0.1, -0.05) is 19.8 Å². The molecule has 0 radical (unpaired) electrons. The summed E-state index contributed by atoms with van der Waals surface area (Å²) in [6.07, 6.45) is 5.74. The molecule has 1 heterocycles. The van der Waals surface area contributed by atoms with E-state index in [9.17, 15) is 4.79 Å². The van der Waals surface area contributed by atoms with Crippen LogP contribution < -0.4 is 0 Å². The van der Waals surface area contributed by atoms with Crippen molar-refractivity contribution in [2.75, 3.05) is 60.0 Å². The van der Waals surface area contributed by atoms with Crippen LogP contribution in [0.15, 0.2) is 0 Å². The highest BCUT2D eigenvalue weighted by Gasteiger charge is 2.23. The van der Waals surface area contributed by atoms with E-state index < -0.39 is 0 Å². The molecule has 1 saturated heterocycles. The van der Waals surface area contributed by atoms with Crippen molar-refractivity contribution >= 4 is 5.91 Å². The maximum atomic E-state index is 11.7. The summed E-state index contributed by atoms with van der Waals surface area (Å²) in [4.78, 5) is 18.1. The number of nitrogens with zero attached hydrogens (tertiary/aromatic N) is 3. The smallest absolute Gasteiger partial charge is 0.236 e. The molecule has 5 heteroatoms. The average molecular weight is 311 g/mol. The van der Waals surface area contributed by atoms with Gasteiger partial charge >= 0.3 is 0 Å². The normalized spacial score (nSPS) is 27.8. The maximum Gasteiger partial charge on any atom is 0.236 e. The molecule has 2 fully saturated rings. The number of rotatable bonds is 6. The summed E-state index contributed by atoms with van der Waals surface area (Å²) in [7, 11) is 3.64. The lowest BCUT2D eigenvalue weighted by Gasteiger charge is -2.35. The number of hydrogen-bond acceptors (Lipinski definition) is 4. The summed E-state index contributed by atoms with van der Waals surface area (Å²) < 4.78 is 6.10. The summed E-state index contributed by atoms with van der Waals surface area (Å²) in [5, 5.41) is 0. The topological polar surface area (TPSA) is 36.0 Å². The fraction of sp³-hybridized carbons (Fsp3) is 0.941. The van der Waals surface area contributed by atoms with Crippen LogP contribution in [0.5, 0.6) is 0 Å². The largest absolute Gasteiger partial charge is 0.377 e. The number of carbonyl (C=O) groups is 1. The zero-order valence-electron chi connectivity index (χ0n) is 14.6. The summed E-state index contributed by atoms with van der Waals surface area (Å²) in [6.45, 7) is 8.82.